The molecule has 0 saturated heterocycles. The lowest BCUT2D eigenvalue weighted by atomic mass is 10.0. The quantitative estimate of drug-likeness (QED) is 0.285. The fourth-order valence-electron chi connectivity index (χ4n) is 4.37. The zero-order valence-electron chi connectivity index (χ0n) is 21.6. The van der Waals surface area contributed by atoms with Crippen LogP contribution in [-0.2, 0) is 11.3 Å². The van der Waals surface area contributed by atoms with E-state index in [0.717, 1.165) is 27.5 Å². The minimum atomic E-state index is -0.625. The van der Waals surface area contributed by atoms with Crippen molar-refractivity contribution in [3.63, 3.8) is 0 Å². The number of methoxy groups -OCH3 is 1. The average Bonchev–Trinajstić information content (AvgIpc) is 3.25. The van der Waals surface area contributed by atoms with Gasteiger partial charge in [-0.25, -0.2) is 9.78 Å². The molecule has 0 spiro atoms. The standard InChI is InChI=1S/C28H33FN4O4/c1-28(2,3)37-27(35)32-20(10-7-8-14-29)18-12-13-21-22(15-18)31-25(30-21)17-33-23-11-6-5-9-19(23)24(36-4)16-26(33)34/h5-6,9,11-13,15-16,20H,7-8,10,14,17H2,1-4H3,(H,30,31)(H,32,35). The van der Waals surface area contributed by atoms with Crippen LogP contribution in [0.15, 0.2) is 53.3 Å². The molecular weight excluding hydrogens is 475 g/mol. The first-order valence-electron chi connectivity index (χ1n) is 12.4. The second kappa shape index (κ2) is 11.0. The van der Waals surface area contributed by atoms with Crippen molar-refractivity contribution in [3.05, 3.63) is 70.3 Å². The fraction of sp³-hybridized carbons (Fsp3) is 0.393. The fourth-order valence-corrected chi connectivity index (χ4v) is 4.37. The lowest BCUT2D eigenvalue weighted by molar-refractivity contribution is 0.0500. The monoisotopic (exact) mass is 508 g/mol. The zero-order valence-corrected chi connectivity index (χ0v) is 21.6. The molecule has 2 aromatic heterocycles. The lowest BCUT2D eigenvalue weighted by Gasteiger charge is -2.24. The Bertz CT molecular complexity index is 1450. The van der Waals surface area contributed by atoms with Crippen molar-refractivity contribution >= 4 is 28.0 Å². The highest BCUT2D eigenvalue weighted by Gasteiger charge is 2.21. The molecule has 37 heavy (non-hydrogen) atoms. The van der Waals surface area contributed by atoms with E-state index in [4.69, 9.17) is 9.47 Å². The Labute approximate surface area is 214 Å². The molecule has 2 aromatic carbocycles. The number of benzene rings is 2. The molecule has 9 heteroatoms. The Kier molecular flexibility index (Phi) is 7.80. The highest BCUT2D eigenvalue weighted by Crippen LogP contribution is 2.26. The van der Waals surface area contributed by atoms with Crippen LogP contribution < -0.4 is 15.6 Å². The van der Waals surface area contributed by atoms with Crippen LogP contribution in [0.4, 0.5) is 9.18 Å². The number of amides is 1. The first-order valence-corrected chi connectivity index (χ1v) is 12.4. The number of imidazole rings is 1. The maximum absolute atomic E-state index is 12.9. The number of nitrogens with one attached hydrogen (secondary N) is 2. The Morgan fingerprint density at radius 1 is 1.16 bits per heavy atom. The summed E-state index contributed by atoms with van der Waals surface area (Å²) in [6.45, 7) is 5.27. The smallest absolute Gasteiger partial charge is 0.408 e. The Morgan fingerprint density at radius 2 is 1.95 bits per heavy atom. The van der Waals surface area contributed by atoms with Gasteiger partial charge < -0.3 is 24.3 Å². The normalized spacial score (nSPS) is 12.6. The van der Waals surface area contributed by atoms with Crippen LogP contribution in [0.3, 0.4) is 0 Å². The number of ether oxygens (including phenoxy) is 2. The van der Waals surface area contributed by atoms with Crippen molar-refractivity contribution in [3.8, 4) is 5.75 Å². The summed E-state index contributed by atoms with van der Waals surface area (Å²) in [6, 6.07) is 14.4. The number of aromatic nitrogens is 3. The van der Waals surface area contributed by atoms with Gasteiger partial charge in [0, 0.05) is 11.5 Å². The van der Waals surface area contributed by atoms with E-state index >= 15 is 0 Å². The number of hydrogen-bond acceptors (Lipinski definition) is 5. The number of carbonyl (C=O) groups excluding carboxylic acids is 1. The predicted molar refractivity (Wildman–Crippen MR) is 142 cm³/mol. The third-order valence-corrected chi connectivity index (χ3v) is 6.03. The van der Waals surface area contributed by atoms with E-state index in [2.05, 4.69) is 15.3 Å². The summed E-state index contributed by atoms with van der Waals surface area (Å²) < 4.78 is 25.2. The molecule has 1 unspecified atom stereocenters. The molecule has 4 aromatic rings. The summed E-state index contributed by atoms with van der Waals surface area (Å²) in [5.74, 6) is 1.15. The number of halogens is 1. The van der Waals surface area contributed by atoms with Crippen molar-refractivity contribution in [2.75, 3.05) is 13.8 Å². The summed E-state index contributed by atoms with van der Waals surface area (Å²) >= 11 is 0. The van der Waals surface area contributed by atoms with E-state index in [1.807, 2.05) is 42.5 Å². The number of para-hydroxylation sites is 1. The van der Waals surface area contributed by atoms with Crippen molar-refractivity contribution < 1.29 is 18.7 Å². The van der Waals surface area contributed by atoms with Gasteiger partial charge in [0.2, 0.25) is 0 Å². The van der Waals surface area contributed by atoms with E-state index in [-0.39, 0.29) is 18.1 Å². The summed E-state index contributed by atoms with van der Waals surface area (Å²) in [6.07, 6.45) is 1.10. The SMILES string of the molecule is COc1cc(=O)n(Cc2nc3ccc(C(CCCCF)NC(=O)OC(C)(C)C)cc3[nH]2)c2ccccc12. The van der Waals surface area contributed by atoms with Crippen LogP contribution >= 0.6 is 0 Å². The Balaban J connectivity index is 1.63. The maximum Gasteiger partial charge on any atom is 0.408 e. The van der Waals surface area contributed by atoms with Gasteiger partial charge >= 0.3 is 6.09 Å². The number of nitrogens with zero attached hydrogens (tertiary/aromatic N) is 2. The third-order valence-electron chi connectivity index (χ3n) is 6.03. The highest BCUT2D eigenvalue weighted by molar-refractivity contribution is 5.85. The number of alkyl carbamates (subject to hydrolysis) is 1. The minimum Gasteiger partial charge on any atom is -0.496 e. The molecular formula is C28H33FN4O4. The van der Waals surface area contributed by atoms with E-state index in [9.17, 15) is 14.0 Å². The number of unbranched alkanes of at least 4 members (excludes halogenated alkanes) is 1. The van der Waals surface area contributed by atoms with Gasteiger partial charge in [-0.15, -0.1) is 0 Å². The number of alkyl halides is 1. The first-order chi connectivity index (χ1) is 17.7. The second-order valence-electron chi connectivity index (χ2n) is 10.00. The zero-order chi connectivity index (χ0) is 26.6. The maximum atomic E-state index is 12.9. The molecule has 2 N–H and O–H groups in total. The summed E-state index contributed by atoms with van der Waals surface area (Å²) in [5.41, 5.74) is 2.32. The molecule has 1 atom stereocenters. The summed E-state index contributed by atoms with van der Waals surface area (Å²) in [4.78, 5) is 33.3. The second-order valence-corrected chi connectivity index (χ2v) is 10.00. The number of pyridine rings is 1. The number of H-pyrrole nitrogens is 1. The number of carbonyl (C=O) groups is 1. The average molecular weight is 509 g/mol. The molecule has 0 saturated carbocycles. The highest BCUT2D eigenvalue weighted by atomic mass is 19.1. The van der Waals surface area contributed by atoms with Gasteiger partial charge in [-0.3, -0.25) is 9.18 Å². The number of aromatic amines is 1. The Morgan fingerprint density at radius 3 is 2.68 bits per heavy atom. The van der Waals surface area contributed by atoms with Crippen molar-refractivity contribution in [2.24, 2.45) is 0 Å². The molecule has 0 bridgehead atoms. The summed E-state index contributed by atoms with van der Waals surface area (Å²) in [7, 11) is 1.55. The molecule has 2 heterocycles. The lowest BCUT2D eigenvalue weighted by Crippen LogP contribution is -2.35. The minimum absolute atomic E-state index is 0.189. The van der Waals surface area contributed by atoms with Gasteiger partial charge in [-0.2, -0.15) is 0 Å². The van der Waals surface area contributed by atoms with Crippen LogP contribution in [0.1, 0.15) is 57.5 Å². The van der Waals surface area contributed by atoms with Crippen LogP contribution in [-0.4, -0.2) is 40.0 Å². The largest absolute Gasteiger partial charge is 0.496 e. The van der Waals surface area contributed by atoms with E-state index in [0.29, 0.717) is 30.8 Å². The predicted octanol–water partition coefficient (Wildman–Crippen LogP) is 5.64. The number of fused-ring (bicyclic) bond motifs is 2. The number of rotatable bonds is 9. The van der Waals surface area contributed by atoms with Gasteiger partial charge in [0.1, 0.15) is 17.2 Å². The molecule has 8 nitrogen and oxygen atoms in total. The van der Waals surface area contributed by atoms with Crippen LogP contribution in [0.5, 0.6) is 5.75 Å². The van der Waals surface area contributed by atoms with Crippen molar-refractivity contribution in [2.45, 2.75) is 58.2 Å². The topological polar surface area (TPSA) is 98.2 Å². The molecule has 1 amide bonds. The third kappa shape index (κ3) is 6.28. The molecule has 0 radical (unpaired) electrons. The van der Waals surface area contributed by atoms with Gasteiger partial charge in [0.25, 0.3) is 5.56 Å². The van der Waals surface area contributed by atoms with E-state index in [1.165, 1.54) is 6.07 Å². The van der Waals surface area contributed by atoms with Gasteiger partial charge in [-0.05, 0) is 69.9 Å². The first kappa shape index (κ1) is 26.2. The van der Waals surface area contributed by atoms with Crippen molar-refractivity contribution in [1.82, 2.24) is 19.9 Å². The molecule has 0 aliphatic carbocycles. The van der Waals surface area contributed by atoms with Crippen LogP contribution in [0.25, 0.3) is 21.9 Å². The van der Waals surface area contributed by atoms with Crippen molar-refractivity contribution in [1.29, 1.82) is 0 Å². The number of hydrogen-bond donors (Lipinski definition) is 2. The molecule has 0 aliphatic heterocycles. The molecule has 0 fully saturated rings. The molecule has 196 valence electrons. The van der Waals surface area contributed by atoms with Crippen LogP contribution in [0.2, 0.25) is 0 Å². The van der Waals surface area contributed by atoms with E-state index < -0.39 is 18.4 Å². The van der Waals surface area contributed by atoms with Gasteiger partial charge in [0.05, 0.1) is 42.9 Å². The molecule has 0 aliphatic rings. The summed E-state index contributed by atoms with van der Waals surface area (Å²) in [5, 5.41) is 3.76. The van der Waals surface area contributed by atoms with E-state index in [1.54, 1.807) is 32.4 Å². The molecule has 4 rings (SSSR count). The van der Waals surface area contributed by atoms with Gasteiger partial charge in [0.15, 0.2) is 0 Å². The van der Waals surface area contributed by atoms with Crippen LogP contribution in [0, 0.1) is 0 Å². The Hall–Kier alpha value is -3.88. The van der Waals surface area contributed by atoms with Gasteiger partial charge in [-0.1, -0.05) is 18.2 Å².